The number of nitrogens with zero attached hydrogens (tertiary/aromatic N) is 1. The third-order valence-corrected chi connectivity index (χ3v) is 5.71. The Labute approximate surface area is 209 Å². The molecule has 0 saturated heterocycles. The molecule has 0 bridgehead atoms. The molecule has 0 radical (unpaired) electrons. The third-order valence-electron chi connectivity index (χ3n) is 5.71. The molecule has 35 heavy (non-hydrogen) atoms. The van der Waals surface area contributed by atoms with E-state index in [1.54, 1.807) is 32.6 Å². The van der Waals surface area contributed by atoms with Gasteiger partial charge in [-0.3, -0.25) is 9.59 Å². The van der Waals surface area contributed by atoms with E-state index in [9.17, 15) is 14.4 Å². The molecule has 2 aromatic rings. The number of amides is 3. The Morgan fingerprint density at radius 1 is 1.00 bits per heavy atom. The highest BCUT2D eigenvalue weighted by Crippen LogP contribution is 2.28. The van der Waals surface area contributed by atoms with E-state index in [4.69, 9.17) is 4.74 Å². The number of ether oxygens (including phenoxy) is 1. The number of carbonyl (C=O) groups is 3. The molecule has 3 amide bonds. The van der Waals surface area contributed by atoms with Crippen LogP contribution in [0.3, 0.4) is 0 Å². The summed E-state index contributed by atoms with van der Waals surface area (Å²) in [6.07, 6.45) is -0.0517. The van der Waals surface area contributed by atoms with E-state index in [0.717, 1.165) is 11.1 Å². The van der Waals surface area contributed by atoms with Gasteiger partial charge in [-0.25, -0.2) is 4.79 Å². The SMILES string of the molecule is CCC(C)N(C(=O)C(C)NC(=O)OC(C)(C)C)C(C(=O)Nc1ccccc1C)c1cccc(C)c1. The fourth-order valence-corrected chi connectivity index (χ4v) is 3.76. The molecular formula is C28H39N3O4. The lowest BCUT2D eigenvalue weighted by atomic mass is 9.98. The summed E-state index contributed by atoms with van der Waals surface area (Å²) in [5.41, 5.74) is 2.60. The molecule has 2 rings (SSSR count). The van der Waals surface area contributed by atoms with Crippen molar-refractivity contribution in [1.29, 1.82) is 0 Å². The zero-order valence-electron chi connectivity index (χ0n) is 22.1. The predicted octanol–water partition coefficient (Wildman–Crippen LogP) is 5.52. The largest absolute Gasteiger partial charge is 0.444 e. The van der Waals surface area contributed by atoms with Crippen LogP contribution in [0.15, 0.2) is 48.5 Å². The maximum Gasteiger partial charge on any atom is 0.408 e. The van der Waals surface area contributed by atoms with Gasteiger partial charge < -0.3 is 20.3 Å². The molecule has 0 spiro atoms. The zero-order chi connectivity index (χ0) is 26.3. The molecule has 190 valence electrons. The van der Waals surface area contributed by atoms with E-state index in [2.05, 4.69) is 10.6 Å². The first-order valence-electron chi connectivity index (χ1n) is 12.1. The lowest BCUT2D eigenvalue weighted by Gasteiger charge is -2.37. The summed E-state index contributed by atoms with van der Waals surface area (Å²) in [6.45, 7) is 14.6. The van der Waals surface area contributed by atoms with Gasteiger partial charge in [0.1, 0.15) is 17.7 Å². The molecule has 0 aliphatic carbocycles. The van der Waals surface area contributed by atoms with E-state index in [1.165, 1.54) is 0 Å². The Bertz CT molecular complexity index is 1040. The van der Waals surface area contributed by atoms with E-state index in [-0.39, 0.29) is 17.9 Å². The van der Waals surface area contributed by atoms with E-state index < -0.39 is 23.8 Å². The first-order chi connectivity index (χ1) is 16.3. The molecule has 3 atom stereocenters. The standard InChI is InChI=1S/C28H39N3O4/c1-9-20(4)31(26(33)21(5)29-27(34)35-28(6,7)8)24(22-15-12-13-18(2)17-22)25(32)30-23-16-11-10-14-19(23)3/h10-17,20-21,24H,9H2,1-8H3,(H,29,34)(H,30,32). The van der Waals surface area contributed by atoms with Crippen LogP contribution in [0.25, 0.3) is 0 Å². The Morgan fingerprint density at radius 3 is 2.23 bits per heavy atom. The van der Waals surface area contributed by atoms with Gasteiger partial charge in [0.25, 0.3) is 5.91 Å². The topological polar surface area (TPSA) is 87.7 Å². The van der Waals surface area contributed by atoms with E-state index in [0.29, 0.717) is 17.7 Å². The van der Waals surface area contributed by atoms with Crippen molar-refractivity contribution in [2.24, 2.45) is 0 Å². The molecule has 0 fully saturated rings. The molecule has 2 N–H and O–H groups in total. The van der Waals surface area contributed by atoms with Crippen LogP contribution in [0.5, 0.6) is 0 Å². The molecule has 3 unspecified atom stereocenters. The van der Waals surface area contributed by atoms with Crippen molar-refractivity contribution in [3.8, 4) is 0 Å². The second-order valence-corrected chi connectivity index (χ2v) is 9.99. The van der Waals surface area contributed by atoms with Crippen LogP contribution in [0.4, 0.5) is 10.5 Å². The number of carbonyl (C=O) groups excluding carboxylic acids is 3. The third kappa shape index (κ3) is 7.84. The smallest absolute Gasteiger partial charge is 0.408 e. The van der Waals surface area contributed by atoms with Gasteiger partial charge in [0.2, 0.25) is 5.91 Å². The minimum atomic E-state index is -0.891. The summed E-state index contributed by atoms with van der Waals surface area (Å²) in [5.74, 6) is -0.681. The lowest BCUT2D eigenvalue weighted by Crippen LogP contribution is -2.53. The van der Waals surface area contributed by atoms with E-state index in [1.807, 2.05) is 76.2 Å². The number of nitrogens with one attached hydrogen (secondary N) is 2. The summed E-state index contributed by atoms with van der Waals surface area (Å²) in [5, 5.41) is 5.64. The van der Waals surface area contributed by atoms with Crippen LogP contribution in [0, 0.1) is 13.8 Å². The van der Waals surface area contributed by atoms with Gasteiger partial charge in [0.15, 0.2) is 0 Å². The average Bonchev–Trinajstić information content (AvgIpc) is 2.76. The molecule has 0 aliphatic rings. The first-order valence-corrected chi connectivity index (χ1v) is 12.1. The van der Waals surface area contributed by atoms with Crippen molar-refractivity contribution in [2.45, 2.75) is 85.5 Å². The molecule has 0 heterocycles. The molecule has 0 aliphatic heterocycles. The van der Waals surface area contributed by atoms with Crippen molar-refractivity contribution in [1.82, 2.24) is 10.2 Å². The van der Waals surface area contributed by atoms with Crippen molar-refractivity contribution >= 4 is 23.6 Å². The number of anilines is 1. The number of hydrogen-bond acceptors (Lipinski definition) is 4. The Hall–Kier alpha value is -3.35. The van der Waals surface area contributed by atoms with Gasteiger partial charge in [0, 0.05) is 11.7 Å². The van der Waals surface area contributed by atoms with Gasteiger partial charge in [-0.1, -0.05) is 55.0 Å². The van der Waals surface area contributed by atoms with Gasteiger partial charge in [0.05, 0.1) is 0 Å². The van der Waals surface area contributed by atoms with Gasteiger partial charge in [-0.2, -0.15) is 0 Å². The minimum absolute atomic E-state index is 0.265. The second-order valence-electron chi connectivity index (χ2n) is 9.99. The first kappa shape index (κ1) is 27.9. The molecule has 2 aromatic carbocycles. The normalized spacial score (nSPS) is 13.8. The number of rotatable bonds is 8. The van der Waals surface area contributed by atoms with Gasteiger partial charge >= 0.3 is 6.09 Å². The summed E-state index contributed by atoms with van der Waals surface area (Å²) in [4.78, 5) is 41.4. The number of para-hydroxylation sites is 1. The van der Waals surface area contributed by atoms with Gasteiger partial charge in [-0.15, -0.1) is 0 Å². The van der Waals surface area contributed by atoms with Crippen LogP contribution in [0.2, 0.25) is 0 Å². The summed E-state index contributed by atoms with van der Waals surface area (Å²) in [6, 6.07) is 13.1. The Balaban J connectivity index is 2.47. The van der Waals surface area contributed by atoms with Gasteiger partial charge in [-0.05, 0) is 72.1 Å². The van der Waals surface area contributed by atoms with Crippen LogP contribution in [0.1, 0.15) is 70.7 Å². The minimum Gasteiger partial charge on any atom is -0.444 e. The number of aryl methyl sites for hydroxylation is 2. The maximum atomic E-state index is 13.8. The zero-order valence-corrected chi connectivity index (χ0v) is 22.1. The van der Waals surface area contributed by atoms with Crippen molar-refractivity contribution in [3.05, 3.63) is 65.2 Å². The molecule has 0 saturated carbocycles. The highest BCUT2D eigenvalue weighted by Gasteiger charge is 2.37. The summed E-state index contributed by atoms with van der Waals surface area (Å²) < 4.78 is 5.33. The summed E-state index contributed by atoms with van der Waals surface area (Å²) >= 11 is 0. The molecule has 7 nitrogen and oxygen atoms in total. The molecular weight excluding hydrogens is 442 g/mol. The molecule has 0 aromatic heterocycles. The number of alkyl carbamates (subject to hydrolysis) is 1. The van der Waals surface area contributed by atoms with Crippen molar-refractivity contribution in [2.75, 3.05) is 5.32 Å². The highest BCUT2D eigenvalue weighted by molar-refractivity contribution is 5.99. The second kappa shape index (κ2) is 11.9. The predicted molar refractivity (Wildman–Crippen MR) is 139 cm³/mol. The summed E-state index contributed by atoms with van der Waals surface area (Å²) in [7, 11) is 0. The Kier molecular flexibility index (Phi) is 9.46. The quantitative estimate of drug-likeness (QED) is 0.519. The Morgan fingerprint density at radius 2 is 1.66 bits per heavy atom. The average molecular weight is 482 g/mol. The maximum absolute atomic E-state index is 13.8. The fraction of sp³-hybridized carbons (Fsp3) is 0.464. The van der Waals surface area contributed by atoms with Crippen LogP contribution in [-0.4, -0.2) is 40.5 Å². The number of benzene rings is 2. The molecule has 7 heteroatoms. The highest BCUT2D eigenvalue weighted by atomic mass is 16.6. The monoisotopic (exact) mass is 481 g/mol. The number of hydrogen-bond donors (Lipinski definition) is 2. The van der Waals surface area contributed by atoms with Crippen LogP contribution < -0.4 is 10.6 Å². The van der Waals surface area contributed by atoms with Crippen molar-refractivity contribution in [3.63, 3.8) is 0 Å². The lowest BCUT2D eigenvalue weighted by molar-refractivity contribution is -0.143. The van der Waals surface area contributed by atoms with E-state index >= 15 is 0 Å². The van der Waals surface area contributed by atoms with Crippen LogP contribution >= 0.6 is 0 Å². The fourth-order valence-electron chi connectivity index (χ4n) is 3.76. The van der Waals surface area contributed by atoms with Crippen molar-refractivity contribution < 1.29 is 19.1 Å². The van der Waals surface area contributed by atoms with Crippen LogP contribution in [-0.2, 0) is 14.3 Å².